The van der Waals surface area contributed by atoms with E-state index in [0.29, 0.717) is 0 Å². The van der Waals surface area contributed by atoms with E-state index in [4.69, 9.17) is 5.11 Å². The Balaban J connectivity index is 3.81. The summed E-state index contributed by atoms with van der Waals surface area (Å²) in [6.07, 6.45) is -5.52. The molecule has 8 heteroatoms. The van der Waals surface area contributed by atoms with E-state index in [2.05, 4.69) is 0 Å². The second-order valence-electron chi connectivity index (χ2n) is 2.94. The van der Waals surface area contributed by atoms with E-state index in [1.54, 1.807) is 0 Å². The van der Waals surface area contributed by atoms with Gasteiger partial charge in [0.1, 0.15) is 6.54 Å². The average molecular weight is 228 g/mol. The molecule has 0 aromatic carbocycles. The van der Waals surface area contributed by atoms with Crippen LogP contribution in [0.5, 0.6) is 0 Å². The van der Waals surface area contributed by atoms with Crippen molar-refractivity contribution in [2.24, 2.45) is 0 Å². The number of carbonyl (C=O) groups is 2. The number of carboxylic acids is 1. The second kappa shape index (κ2) is 5.42. The van der Waals surface area contributed by atoms with Crippen molar-refractivity contribution >= 4 is 12.0 Å². The van der Waals surface area contributed by atoms with Crippen LogP contribution in [0.3, 0.4) is 0 Å². The van der Waals surface area contributed by atoms with Gasteiger partial charge in [0, 0.05) is 6.04 Å². The number of nitrogens with one attached hydrogen (secondary N) is 2. The van der Waals surface area contributed by atoms with Gasteiger partial charge in [-0.25, -0.2) is 4.79 Å². The fourth-order valence-corrected chi connectivity index (χ4v) is 0.829. The molecule has 0 rings (SSSR count). The molecule has 0 saturated carbocycles. The van der Waals surface area contributed by atoms with E-state index in [-0.39, 0.29) is 0 Å². The van der Waals surface area contributed by atoms with Gasteiger partial charge in [0.15, 0.2) is 0 Å². The van der Waals surface area contributed by atoms with Crippen molar-refractivity contribution in [3.8, 4) is 0 Å². The Bertz CT molecular complexity index is 242. The maximum atomic E-state index is 11.8. The lowest BCUT2D eigenvalue weighted by Crippen LogP contribution is -2.44. The molecular formula is C7H11F3N2O3. The van der Waals surface area contributed by atoms with Crippen molar-refractivity contribution in [2.75, 3.05) is 6.54 Å². The summed E-state index contributed by atoms with van der Waals surface area (Å²) in [5.41, 5.74) is 0. The lowest BCUT2D eigenvalue weighted by Gasteiger charge is -2.15. The maximum Gasteiger partial charge on any atom is 0.391 e. The third-order valence-electron chi connectivity index (χ3n) is 1.32. The summed E-state index contributed by atoms with van der Waals surface area (Å²) in [5.74, 6) is -1.27. The number of hydrogen-bond donors (Lipinski definition) is 3. The summed E-state index contributed by atoms with van der Waals surface area (Å²) in [6.45, 7) is 0.540. The fraction of sp³-hybridized carbons (Fsp3) is 0.714. The van der Waals surface area contributed by atoms with Gasteiger partial charge in [-0.15, -0.1) is 0 Å². The summed E-state index contributed by atoms with van der Waals surface area (Å²) in [6, 6.07) is -2.03. The molecule has 0 aliphatic heterocycles. The molecule has 3 N–H and O–H groups in total. The van der Waals surface area contributed by atoms with E-state index in [1.807, 2.05) is 10.6 Å². The normalized spacial score (nSPS) is 13.1. The number of aliphatic carboxylic acids is 1. The lowest BCUT2D eigenvalue weighted by atomic mass is 10.2. The monoisotopic (exact) mass is 228 g/mol. The van der Waals surface area contributed by atoms with Crippen molar-refractivity contribution in [1.82, 2.24) is 10.6 Å². The van der Waals surface area contributed by atoms with Gasteiger partial charge < -0.3 is 15.7 Å². The predicted molar refractivity (Wildman–Crippen MR) is 44.3 cm³/mol. The minimum atomic E-state index is -4.36. The SMILES string of the molecule is CC(CC(F)(F)F)NC(=O)NCC(=O)O. The highest BCUT2D eigenvalue weighted by Gasteiger charge is 2.30. The molecule has 1 unspecified atom stereocenters. The Kier molecular flexibility index (Phi) is 4.89. The van der Waals surface area contributed by atoms with Crippen LogP contribution in [0.25, 0.3) is 0 Å². The van der Waals surface area contributed by atoms with Crippen LogP contribution in [0.1, 0.15) is 13.3 Å². The zero-order valence-electron chi connectivity index (χ0n) is 7.89. The van der Waals surface area contributed by atoms with Crippen molar-refractivity contribution in [3.05, 3.63) is 0 Å². The molecule has 2 amide bonds. The fourth-order valence-electron chi connectivity index (χ4n) is 0.829. The Hall–Kier alpha value is -1.47. The van der Waals surface area contributed by atoms with Crippen LogP contribution < -0.4 is 10.6 Å². The first-order chi connectivity index (χ1) is 6.70. The molecule has 0 aromatic rings. The highest BCUT2D eigenvalue weighted by atomic mass is 19.4. The number of carbonyl (C=O) groups excluding carboxylic acids is 1. The quantitative estimate of drug-likeness (QED) is 0.663. The molecule has 0 heterocycles. The molecule has 0 bridgehead atoms. The van der Waals surface area contributed by atoms with Gasteiger partial charge in [-0.05, 0) is 6.92 Å². The van der Waals surface area contributed by atoms with Gasteiger partial charge >= 0.3 is 18.2 Å². The van der Waals surface area contributed by atoms with Gasteiger partial charge in [-0.3, -0.25) is 4.79 Å². The molecule has 1 atom stereocenters. The first-order valence-corrected chi connectivity index (χ1v) is 4.03. The highest BCUT2D eigenvalue weighted by Crippen LogP contribution is 2.21. The van der Waals surface area contributed by atoms with E-state index in [1.165, 1.54) is 6.92 Å². The molecule has 0 spiro atoms. The minimum absolute atomic E-state index is 0.634. The molecule has 0 aromatic heterocycles. The number of rotatable bonds is 4. The number of hydrogen-bond acceptors (Lipinski definition) is 2. The van der Waals surface area contributed by atoms with Crippen LogP contribution in [0.2, 0.25) is 0 Å². The second-order valence-corrected chi connectivity index (χ2v) is 2.94. The maximum absolute atomic E-state index is 11.8. The van der Waals surface area contributed by atoms with Crippen LogP contribution in [0.15, 0.2) is 0 Å². The Morgan fingerprint density at radius 2 is 1.93 bits per heavy atom. The summed E-state index contributed by atoms with van der Waals surface area (Å²) in [7, 11) is 0. The van der Waals surface area contributed by atoms with Crippen molar-refractivity contribution in [1.29, 1.82) is 0 Å². The topological polar surface area (TPSA) is 78.4 Å². The summed E-state index contributed by atoms with van der Waals surface area (Å²) >= 11 is 0. The van der Waals surface area contributed by atoms with Crippen LogP contribution in [0, 0.1) is 0 Å². The molecule has 0 saturated heterocycles. The minimum Gasteiger partial charge on any atom is -0.480 e. The Morgan fingerprint density at radius 3 is 2.33 bits per heavy atom. The van der Waals surface area contributed by atoms with Crippen LogP contribution in [-0.2, 0) is 4.79 Å². The largest absolute Gasteiger partial charge is 0.480 e. The van der Waals surface area contributed by atoms with E-state index in [9.17, 15) is 22.8 Å². The highest BCUT2D eigenvalue weighted by molar-refractivity contribution is 5.79. The Labute approximate surface area is 83.6 Å². The average Bonchev–Trinajstić information content (AvgIpc) is 1.96. The van der Waals surface area contributed by atoms with Gasteiger partial charge in [0.2, 0.25) is 0 Å². The number of urea groups is 1. The first-order valence-electron chi connectivity index (χ1n) is 4.03. The molecule has 15 heavy (non-hydrogen) atoms. The van der Waals surface area contributed by atoms with E-state index in [0.717, 1.165) is 0 Å². The molecule has 0 aliphatic rings. The van der Waals surface area contributed by atoms with Crippen LogP contribution in [-0.4, -0.2) is 35.9 Å². The van der Waals surface area contributed by atoms with Crippen molar-refractivity contribution in [3.63, 3.8) is 0 Å². The number of carboxylic acid groups (broad SMARTS) is 1. The van der Waals surface area contributed by atoms with Crippen LogP contribution >= 0.6 is 0 Å². The van der Waals surface area contributed by atoms with E-state index >= 15 is 0 Å². The van der Waals surface area contributed by atoms with Gasteiger partial charge in [-0.1, -0.05) is 0 Å². The van der Waals surface area contributed by atoms with Crippen LogP contribution in [0.4, 0.5) is 18.0 Å². The third kappa shape index (κ3) is 8.85. The summed E-state index contributed by atoms with van der Waals surface area (Å²) in [4.78, 5) is 20.8. The zero-order valence-corrected chi connectivity index (χ0v) is 7.89. The molecule has 0 aliphatic carbocycles. The Morgan fingerprint density at radius 1 is 1.40 bits per heavy atom. The van der Waals surface area contributed by atoms with Crippen molar-refractivity contribution < 1.29 is 27.9 Å². The molecule has 0 radical (unpaired) electrons. The van der Waals surface area contributed by atoms with Gasteiger partial charge in [0.05, 0.1) is 6.42 Å². The third-order valence-corrected chi connectivity index (χ3v) is 1.32. The summed E-state index contributed by atoms with van der Waals surface area (Å²) < 4.78 is 35.4. The number of amides is 2. The number of halogens is 3. The van der Waals surface area contributed by atoms with E-state index < -0.39 is 37.2 Å². The molecule has 0 fully saturated rings. The standard InChI is InChI=1S/C7H11F3N2O3/c1-4(2-7(8,9)10)12-6(15)11-3-5(13)14/h4H,2-3H2,1H3,(H,13,14)(H2,11,12,15). The molecular weight excluding hydrogens is 217 g/mol. The zero-order chi connectivity index (χ0) is 12.1. The lowest BCUT2D eigenvalue weighted by molar-refractivity contribution is -0.139. The predicted octanol–water partition coefficient (Wildman–Crippen LogP) is 0.711. The number of alkyl halides is 3. The first kappa shape index (κ1) is 13.5. The van der Waals surface area contributed by atoms with Gasteiger partial charge in [-0.2, -0.15) is 13.2 Å². The molecule has 5 nitrogen and oxygen atoms in total. The molecule has 88 valence electrons. The summed E-state index contributed by atoms with van der Waals surface area (Å²) in [5, 5.41) is 12.0. The van der Waals surface area contributed by atoms with Gasteiger partial charge in [0.25, 0.3) is 0 Å². The van der Waals surface area contributed by atoms with Crippen molar-refractivity contribution in [2.45, 2.75) is 25.6 Å². The smallest absolute Gasteiger partial charge is 0.391 e.